The number of carbonyl (C=O) groups is 2. The average molecular weight is 449 g/mol. The average Bonchev–Trinajstić information content (AvgIpc) is 3.00. The molecular weight excluding hydrogens is 416 g/mol. The van der Waals surface area contributed by atoms with Crippen LogP contribution < -0.4 is 0 Å². The van der Waals surface area contributed by atoms with Crippen LogP contribution in [0.3, 0.4) is 0 Å². The zero-order chi connectivity index (χ0) is 23.5. The lowest BCUT2D eigenvalue weighted by molar-refractivity contribution is 0.0587. The Morgan fingerprint density at radius 1 is 1.10 bits per heavy atom. The topological polar surface area (TPSA) is 85.7 Å². The number of ketones is 1. The van der Waals surface area contributed by atoms with Crippen molar-refractivity contribution in [3.8, 4) is 0 Å². The molecule has 0 bridgehead atoms. The van der Waals surface area contributed by atoms with E-state index in [4.69, 9.17) is 4.74 Å². The van der Waals surface area contributed by atoms with E-state index in [1.54, 1.807) is 43.5 Å². The fourth-order valence-electron chi connectivity index (χ4n) is 3.91. The quantitative estimate of drug-likeness (QED) is 0.430. The highest BCUT2D eigenvalue weighted by Crippen LogP contribution is 2.28. The maximum absolute atomic E-state index is 13.6. The molecule has 0 aliphatic rings. The number of sulfonamides is 1. The molecule has 1 atom stereocenters. The number of nitrogens with zero attached hydrogens (tertiary/aromatic N) is 2. The molecule has 0 radical (unpaired) electrons. The maximum Gasteiger partial charge on any atom is 0.354 e. The fraction of sp³-hybridized carbons (Fsp3) is 0.478. The van der Waals surface area contributed by atoms with E-state index in [0.29, 0.717) is 29.1 Å². The van der Waals surface area contributed by atoms with E-state index in [-0.39, 0.29) is 23.1 Å². The smallest absolute Gasteiger partial charge is 0.354 e. The number of rotatable bonds is 9. The van der Waals surface area contributed by atoms with Gasteiger partial charge in [-0.15, -0.1) is 0 Å². The molecule has 0 saturated heterocycles. The van der Waals surface area contributed by atoms with E-state index >= 15 is 0 Å². The lowest BCUT2D eigenvalue weighted by atomic mass is 10.0. The molecule has 0 aliphatic carbocycles. The van der Waals surface area contributed by atoms with Crippen LogP contribution in [0.1, 0.15) is 59.8 Å². The van der Waals surface area contributed by atoms with Crippen molar-refractivity contribution in [1.82, 2.24) is 8.87 Å². The summed E-state index contributed by atoms with van der Waals surface area (Å²) in [6.45, 7) is 11.4. The predicted octanol–water partition coefficient (Wildman–Crippen LogP) is 3.83. The van der Waals surface area contributed by atoms with Gasteiger partial charge >= 0.3 is 5.97 Å². The Balaban J connectivity index is 2.59. The van der Waals surface area contributed by atoms with Crippen LogP contribution in [-0.2, 0) is 21.3 Å². The molecule has 7 nitrogen and oxygen atoms in total. The highest BCUT2D eigenvalue weighted by Gasteiger charge is 2.36. The monoisotopic (exact) mass is 448 g/mol. The van der Waals surface area contributed by atoms with Crippen molar-refractivity contribution >= 4 is 21.8 Å². The van der Waals surface area contributed by atoms with Crippen molar-refractivity contribution in [2.75, 3.05) is 13.7 Å². The highest BCUT2D eigenvalue weighted by atomic mass is 32.2. The molecule has 2 rings (SSSR count). The van der Waals surface area contributed by atoms with Crippen LogP contribution in [0.4, 0.5) is 0 Å². The van der Waals surface area contributed by atoms with E-state index in [1.165, 1.54) is 23.5 Å². The normalized spacial score (nSPS) is 12.9. The van der Waals surface area contributed by atoms with Crippen molar-refractivity contribution in [2.24, 2.45) is 5.92 Å². The Kier molecular flexibility index (Phi) is 7.83. The minimum absolute atomic E-state index is 0.0156. The number of hydrogen-bond acceptors (Lipinski definition) is 5. The lowest BCUT2D eigenvalue weighted by Crippen LogP contribution is -2.45. The summed E-state index contributed by atoms with van der Waals surface area (Å²) in [4.78, 5) is 26.1. The molecule has 1 aromatic carbocycles. The van der Waals surface area contributed by atoms with Gasteiger partial charge in [-0.25, -0.2) is 13.2 Å². The first kappa shape index (κ1) is 24.8. The van der Waals surface area contributed by atoms with Gasteiger partial charge in [0, 0.05) is 24.3 Å². The summed E-state index contributed by atoms with van der Waals surface area (Å²) >= 11 is 0. The molecule has 0 N–H and O–H groups in total. The van der Waals surface area contributed by atoms with Crippen LogP contribution in [0, 0.1) is 19.8 Å². The third kappa shape index (κ3) is 4.75. The standard InChI is InChI=1S/C23H32N2O5S/c1-8-24-17(5)20(16(4)21(24)23(27)30-7)22(26)18(6)25(14-15(2)3)31(28,29)19-12-10-9-11-13-19/h9-13,15,18H,8,14H2,1-7H3/t18-/m1/s1. The number of carbonyl (C=O) groups excluding carboxylic acids is 2. The molecule has 0 unspecified atom stereocenters. The Morgan fingerprint density at radius 2 is 1.68 bits per heavy atom. The molecule has 170 valence electrons. The van der Waals surface area contributed by atoms with E-state index < -0.39 is 22.0 Å². The Labute approximate surface area is 185 Å². The molecular formula is C23H32N2O5S. The third-order valence-corrected chi connectivity index (χ3v) is 7.37. The van der Waals surface area contributed by atoms with Crippen molar-refractivity contribution in [3.05, 3.63) is 52.8 Å². The van der Waals surface area contributed by atoms with Crippen LogP contribution >= 0.6 is 0 Å². The maximum atomic E-state index is 13.6. The van der Waals surface area contributed by atoms with Crippen molar-refractivity contribution in [2.45, 2.75) is 59.0 Å². The van der Waals surface area contributed by atoms with Gasteiger partial charge in [0.15, 0.2) is 5.78 Å². The number of benzene rings is 1. The van der Waals surface area contributed by atoms with Gasteiger partial charge in [-0.1, -0.05) is 32.0 Å². The van der Waals surface area contributed by atoms with Crippen LogP contribution in [0.25, 0.3) is 0 Å². The van der Waals surface area contributed by atoms with Gasteiger partial charge < -0.3 is 9.30 Å². The summed E-state index contributed by atoms with van der Waals surface area (Å²) in [6.07, 6.45) is 0. The number of hydrogen-bond donors (Lipinski definition) is 0. The summed E-state index contributed by atoms with van der Waals surface area (Å²) in [7, 11) is -2.59. The first-order valence-corrected chi connectivity index (χ1v) is 11.8. The van der Waals surface area contributed by atoms with Crippen LogP contribution in [-0.4, -0.2) is 48.7 Å². The summed E-state index contributed by atoms with van der Waals surface area (Å²) in [5.74, 6) is -0.848. The summed E-state index contributed by atoms with van der Waals surface area (Å²) in [6, 6.07) is 7.17. The predicted molar refractivity (Wildman–Crippen MR) is 120 cm³/mol. The largest absolute Gasteiger partial charge is 0.464 e. The molecule has 1 aromatic heterocycles. The molecule has 31 heavy (non-hydrogen) atoms. The number of Topliss-reactive ketones (excluding diaryl/α,β-unsaturated/α-hetero) is 1. The van der Waals surface area contributed by atoms with E-state index in [2.05, 4.69) is 0 Å². The minimum Gasteiger partial charge on any atom is -0.464 e. The minimum atomic E-state index is -3.89. The zero-order valence-corrected chi connectivity index (χ0v) is 20.1. The number of methoxy groups -OCH3 is 1. The summed E-state index contributed by atoms with van der Waals surface area (Å²) in [5.41, 5.74) is 1.81. The second-order valence-corrected chi connectivity index (χ2v) is 9.88. The summed E-state index contributed by atoms with van der Waals surface area (Å²) < 4.78 is 34.7. The van der Waals surface area contributed by atoms with Gasteiger partial charge in [0.05, 0.1) is 18.0 Å². The number of aromatic nitrogens is 1. The van der Waals surface area contributed by atoms with E-state index in [0.717, 1.165) is 0 Å². The van der Waals surface area contributed by atoms with Crippen molar-refractivity contribution in [3.63, 3.8) is 0 Å². The van der Waals surface area contributed by atoms with Crippen molar-refractivity contribution < 1.29 is 22.7 Å². The van der Waals surface area contributed by atoms with Gasteiger partial charge in [-0.3, -0.25) is 4.79 Å². The van der Waals surface area contributed by atoms with Gasteiger partial charge in [0.25, 0.3) is 0 Å². The molecule has 0 fully saturated rings. The Hall–Kier alpha value is -2.45. The SMILES string of the molecule is CCn1c(C)c(C(=O)[C@@H](C)N(CC(C)C)S(=O)(=O)c2ccccc2)c(C)c1C(=O)OC. The van der Waals surface area contributed by atoms with Gasteiger partial charge in [0.1, 0.15) is 5.69 Å². The molecule has 1 heterocycles. The van der Waals surface area contributed by atoms with E-state index in [9.17, 15) is 18.0 Å². The van der Waals surface area contributed by atoms with Gasteiger partial charge in [0.2, 0.25) is 10.0 Å². The Bertz CT molecular complexity index is 1060. The third-order valence-electron chi connectivity index (χ3n) is 5.41. The molecule has 2 aromatic rings. The van der Waals surface area contributed by atoms with Crippen LogP contribution in [0.15, 0.2) is 35.2 Å². The fourth-order valence-corrected chi connectivity index (χ4v) is 5.68. The first-order valence-electron chi connectivity index (χ1n) is 10.4. The van der Waals surface area contributed by atoms with Crippen LogP contribution in [0.5, 0.6) is 0 Å². The highest BCUT2D eigenvalue weighted by molar-refractivity contribution is 7.89. The first-order chi connectivity index (χ1) is 14.5. The van der Waals surface area contributed by atoms with Crippen LogP contribution in [0.2, 0.25) is 0 Å². The van der Waals surface area contributed by atoms with Gasteiger partial charge in [-0.2, -0.15) is 4.31 Å². The molecule has 0 aliphatic heterocycles. The lowest BCUT2D eigenvalue weighted by Gasteiger charge is -2.29. The van der Waals surface area contributed by atoms with E-state index in [1.807, 2.05) is 20.8 Å². The molecule has 0 amide bonds. The number of esters is 1. The second kappa shape index (κ2) is 9.78. The molecule has 8 heteroatoms. The summed E-state index contributed by atoms with van der Waals surface area (Å²) in [5, 5.41) is 0. The zero-order valence-electron chi connectivity index (χ0n) is 19.3. The van der Waals surface area contributed by atoms with Gasteiger partial charge in [-0.05, 0) is 51.3 Å². The Morgan fingerprint density at radius 3 is 2.16 bits per heavy atom. The molecule has 0 saturated carbocycles. The second-order valence-electron chi connectivity index (χ2n) is 7.99. The number of ether oxygens (including phenoxy) is 1. The van der Waals surface area contributed by atoms with Crippen molar-refractivity contribution in [1.29, 1.82) is 0 Å². The molecule has 0 spiro atoms.